The zero-order valence-corrected chi connectivity index (χ0v) is 23.8. The second-order valence-electron chi connectivity index (χ2n) is 8.38. The van der Waals surface area contributed by atoms with Crippen molar-refractivity contribution in [2.75, 3.05) is 36.4 Å². The van der Waals surface area contributed by atoms with Crippen LogP contribution in [0.5, 0.6) is 0 Å². The van der Waals surface area contributed by atoms with Gasteiger partial charge in [-0.05, 0) is 37.5 Å². The lowest BCUT2D eigenvalue weighted by Crippen LogP contribution is -2.50. The van der Waals surface area contributed by atoms with Crippen LogP contribution in [0.4, 0.5) is 5.69 Å². The molecule has 0 aliphatic carbocycles. The van der Waals surface area contributed by atoms with Gasteiger partial charge < -0.3 is 25.3 Å². The monoisotopic (exact) mass is 571 g/mol. The standard InChI is InChI=1S/C23H35Cl2N5O3.2ClH/c1-5-33-23(32)19(28-22(31)17(26)12-15(2)3)14-21-27-18-13-16(6-7-20(18)29(21)4)30(10-8-24)11-9-25;;/h6-7,13,15,17,19H,5,8-12,14,26H2,1-4H3,(H,28,31);2*1H. The van der Waals surface area contributed by atoms with Crippen molar-refractivity contribution < 1.29 is 14.3 Å². The molecule has 0 radical (unpaired) electrons. The Morgan fingerprint density at radius 3 is 2.37 bits per heavy atom. The van der Waals surface area contributed by atoms with Crippen molar-refractivity contribution in [3.8, 4) is 0 Å². The van der Waals surface area contributed by atoms with Gasteiger partial charge in [0.05, 0.1) is 23.7 Å². The van der Waals surface area contributed by atoms with E-state index in [9.17, 15) is 9.59 Å². The van der Waals surface area contributed by atoms with E-state index in [0.29, 0.717) is 37.1 Å². The molecule has 0 bridgehead atoms. The zero-order valence-electron chi connectivity index (χ0n) is 20.6. The highest BCUT2D eigenvalue weighted by atomic mass is 35.5. The second-order valence-corrected chi connectivity index (χ2v) is 9.13. The Balaban J connectivity index is 0.00000578. The Hall–Kier alpha value is -1.45. The Kier molecular flexibility index (Phi) is 15.6. The van der Waals surface area contributed by atoms with Crippen LogP contribution in [0, 0.1) is 5.92 Å². The van der Waals surface area contributed by atoms with Gasteiger partial charge in [-0.2, -0.15) is 0 Å². The number of ether oxygens (including phenoxy) is 1. The molecule has 0 aliphatic heterocycles. The molecule has 1 aromatic heterocycles. The number of alkyl halides is 2. The number of hydrogen-bond acceptors (Lipinski definition) is 6. The van der Waals surface area contributed by atoms with Gasteiger partial charge in [0.25, 0.3) is 0 Å². The molecule has 200 valence electrons. The predicted octanol–water partition coefficient (Wildman–Crippen LogP) is 3.66. The van der Waals surface area contributed by atoms with Gasteiger partial charge in [-0.3, -0.25) is 4.79 Å². The summed E-state index contributed by atoms with van der Waals surface area (Å²) in [6.07, 6.45) is 0.712. The van der Waals surface area contributed by atoms with Crippen LogP contribution >= 0.6 is 48.0 Å². The maximum absolute atomic E-state index is 12.6. The van der Waals surface area contributed by atoms with E-state index in [1.165, 1.54) is 0 Å². The summed E-state index contributed by atoms with van der Waals surface area (Å²) in [7, 11) is 1.88. The fourth-order valence-electron chi connectivity index (χ4n) is 3.70. The van der Waals surface area contributed by atoms with Crippen LogP contribution in [0.1, 0.15) is 33.0 Å². The van der Waals surface area contributed by atoms with Crippen molar-refractivity contribution in [2.45, 2.75) is 45.7 Å². The first kappa shape index (κ1) is 33.5. The van der Waals surface area contributed by atoms with Crippen molar-refractivity contribution in [3.05, 3.63) is 24.0 Å². The molecule has 2 unspecified atom stereocenters. The van der Waals surface area contributed by atoms with Crippen molar-refractivity contribution in [1.29, 1.82) is 0 Å². The lowest BCUT2D eigenvalue weighted by molar-refractivity contribution is -0.147. The number of anilines is 1. The molecule has 0 fully saturated rings. The summed E-state index contributed by atoms with van der Waals surface area (Å²) in [6.45, 7) is 7.27. The molecular weight excluding hydrogens is 536 g/mol. The molecule has 3 N–H and O–H groups in total. The largest absolute Gasteiger partial charge is 0.464 e. The Morgan fingerprint density at radius 2 is 1.83 bits per heavy atom. The van der Waals surface area contributed by atoms with Gasteiger partial charge in [0.1, 0.15) is 11.9 Å². The number of amides is 1. The Morgan fingerprint density at radius 1 is 1.20 bits per heavy atom. The van der Waals surface area contributed by atoms with Crippen LogP contribution in [0.25, 0.3) is 11.0 Å². The molecule has 0 saturated heterocycles. The van der Waals surface area contributed by atoms with E-state index in [1.54, 1.807) is 6.92 Å². The predicted molar refractivity (Wildman–Crippen MR) is 149 cm³/mol. The third-order valence-electron chi connectivity index (χ3n) is 5.37. The summed E-state index contributed by atoms with van der Waals surface area (Å²) < 4.78 is 7.11. The van der Waals surface area contributed by atoms with E-state index in [1.807, 2.05) is 43.7 Å². The third kappa shape index (κ3) is 9.50. The Labute approximate surface area is 230 Å². The third-order valence-corrected chi connectivity index (χ3v) is 5.71. The topological polar surface area (TPSA) is 102 Å². The first-order chi connectivity index (χ1) is 15.7. The van der Waals surface area contributed by atoms with E-state index < -0.39 is 18.1 Å². The summed E-state index contributed by atoms with van der Waals surface area (Å²) in [5, 5.41) is 2.76. The van der Waals surface area contributed by atoms with E-state index >= 15 is 0 Å². The number of benzene rings is 1. The number of nitrogens with one attached hydrogen (secondary N) is 1. The molecule has 1 amide bonds. The molecule has 8 nitrogen and oxygen atoms in total. The minimum Gasteiger partial charge on any atom is -0.464 e. The normalized spacial score (nSPS) is 12.5. The molecule has 2 atom stereocenters. The lowest BCUT2D eigenvalue weighted by Gasteiger charge is -2.22. The number of halogens is 4. The number of nitrogens with two attached hydrogens (primary N) is 1. The lowest BCUT2D eigenvalue weighted by atomic mass is 10.0. The number of fused-ring (bicyclic) bond motifs is 1. The number of carbonyl (C=O) groups is 2. The van der Waals surface area contributed by atoms with Gasteiger partial charge >= 0.3 is 5.97 Å². The van der Waals surface area contributed by atoms with Crippen LogP contribution in [0.2, 0.25) is 0 Å². The van der Waals surface area contributed by atoms with Crippen molar-refractivity contribution in [2.24, 2.45) is 18.7 Å². The first-order valence-corrected chi connectivity index (χ1v) is 12.3. The number of rotatable bonds is 13. The maximum atomic E-state index is 12.6. The zero-order chi connectivity index (χ0) is 24.5. The number of aryl methyl sites for hydroxylation is 1. The van der Waals surface area contributed by atoms with Gasteiger partial charge in [0.15, 0.2) is 0 Å². The van der Waals surface area contributed by atoms with E-state index in [2.05, 4.69) is 10.2 Å². The summed E-state index contributed by atoms with van der Waals surface area (Å²) in [5.41, 5.74) is 8.68. The van der Waals surface area contributed by atoms with Crippen molar-refractivity contribution >= 4 is 76.6 Å². The number of esters is 1. The molecule has 1 aromatic carbocycles. The molecule has 2 rings (SSSR count). The summed E-state index contributed by atoms with van der Waals surface area (Å²) in [6, 6.07) is 4.39. The van der Waals surface area contributed by atoms with Gasteiger partial charge in [0, 0.05) is 44.0 Å². The highest BCUT2D eigenvalue weighted by Gasteiger charge is 2.27. The molecule has 0 spiro atoms. The summed E-state index contributed by atoms with van der Waals surface area (Å²) in [4.78, 5) is 32.0. The number of hydrogen-bond donors (Lipinski definition) is 2. The smallest absolute Gasteiger partial charge is 0.329 e. The fraction of sp³-hybridized carbons (Fsp3) is 0.609. The minimum atomic E-state index is -0.880. The number of carbonyl (C=O) groups excluding carboxylic acids is 2. The quantitative estimate of drug-likeness (QED) is 0.280. The van der Waals surface area contributed by atoms with E-state index in [4.69, 9.17) is 38.7 Å². The van der Waals surface area contributed by atoms with Crippen LogP contribution < -0.4 is 16.0 Å². The molecule has 0 saturated carbocycles. The fourth-order valence-corrected chi connectivity index (χ4v) is 4.11. The second kappa shape index (κ2) is 16.3. The van der Waals surface area contributed by atoms with E-state index in [0.717, 1.165) is 16.7 Å². The van der Waals surface area contributed by atoms with Crippen molar-refractivity contribution in [3.63, 3.8) is 0 Å². The van der Waals surface area contributed by atoms with Crippen LogP contribution in [-0.4, -0.2) is 65.0 Å². The van der Waals surface area contributed by atoms with Crippen LogP contribution in [0.15, 0.2) is 18.2 Å². The highest BCUT2D eigenvalue weighted by molar-refractivity contribution is 6.18. The SMILES string of the molecule is CCOC(=O)C(Cc1nc2cc(N(CCCl)CCCl)ccc2n1C)NC(=O)C(N)CC(C)C.Cl.Cl. The minimum absolute atomic E-state index is 0. The summed E-state index contributed by atoms with van der Waals surface area (Å²) in [5.74, 6) is 1.01. The number of aromatic nitrogens is 2. The Bertz CT molecular complexity index is 935. The van der Waals surface area contributed by atoms with Crippen LogP contribution in [-0.2, 0) is 27.8 Å². The molecule has 2 aromatic rings. The number of imidazole rings is 1. The molecule has 35 heavy (non-hydrogen) atoms. The first-order valence-electron chi connectivity index (χ1n) is 11.3. The van der Waals surface area contributed by atoms with Gasteiger partial charge in [0.2, 0.25) is 5.91 Å². The number of nitrogens with zero attached hydrogens (tertiary/aromatic N) is 3. The van der Waals surface area contributed by atoms with Crippen molar-refractivity contribution in [1.82, 2.24) is 14.9 Å². The molecule has 12 heteroatoms. The van der Waals surface area contributed by atoms with Crippen LogP contribution in [0.3, 0.4) is 0 Å². The van der Waals surface area contributed by atoms with Gasteiger partial charge in [-0.1, -0.05) is 13.8 Å². The maximum Gasteiger partial charge on any atom is 0.329 e. The molecule has 1 heterocycles. The summed E-state index contributed by atoms with van der Waals surface area (Å²) >= 11 is 11.9. The average Bonchev–Trinajstić information content (AvgIpc) is 3.07. The van der Waals surface area contributed by atoms with E-state index in [-0.39, 0.29) is 49.7 Å². The van der Waals surface area contributed by atoms with Gasteiger partial charge in [-0.15, -0.1) is 48.0 Å². The average molecular weight is 573 g/mol. The molecule has 0 aliphatic rings. The highest BCUT2D eigenvalue weighted by Crippen LogP contribution is 2.23. The van der Waals surface area contributed by atoms with Gasteiger partial charge in [-0.25, -0.2) is 9.78 Å². The molecular formula is C23H37Cl4N5O3.